The highest BCUT2D eigenvalue weighted by atomic mass is 32.2. The van der Waals surface area contributed by atoms with E-state index in [0.717, 1.165) is 5.56 Å². The van der Waals surface area contributed by atoms with Crippen LogP contribution < -0.4 is 10.6 Å². The summed E-state index contributed by atoms with van der Waals surface area (Å²) >= 11 is 1.30. The van der Waals surface area contributed by atoms with Gasteiger partial charge in [-0.2, -0.15) is 0 Å². The molecule has 0 saturated heterocycles. The molecule has 2 heterocycles. The third kappa shape index (κ3) is 5.24. The molecule has 0 fully saturated rings. The van der Waals surface area contributed by atoms with Gasteiger partial charge in [-0.3, -0.25) is 9.59 Å². The van der Waals surface area contributed by atoms with Gasteiger partial charge in [-0.15, -0.1) is 10.2 Å². The summed E-state index contributed by atoms with van der Waals surface area (Å²) in [4.78, 5) is 28.9. The standard InChI is InChI=1S/C21H24N6O2S/c1-4-27-19(15(3)23-20(29)16-10-6-5-7-11-16)25-26-21(27)30-13-17(28)24-18-14(2)9-8-12-22-18/h5-12,15H,4,13H2,1-3H3,(H,23,29)(H,22,24,28)/t15-/m1/s1. The summed E-state index contributed by atoms with van der Waals surface area (Å²) in [5.74, 6) is 1.04. The summed E-state index contributed by atoms with van der Waals surface area (Å²) in [5, 5.41) is 14.8. The Balaban J connectivity index is 1.63. The van der Waals surface area contributed by atoms with Crippen LogP contribution in [0.5, 0.6) is 0 Å². The first-order chi connectivity index (χ1) is 14.5. The molecule has 0 saturated carbocycles. The Bertz CT molecular complexity index is 1020. The van der Waals surface area contributed by atoms with Gasteiger partial charge in [0.15, 0.2) is 11.0 Å². The topological polar surface area (TPSA) is 102 Å². The van der Waals surface area contributed by atoms with E-state index >= 15 is 0 Å². The van der Waals surface area contributed by atoms with E-state index in [4.69, 9.17) is 0 Å². The number of aryl methyl sites for hydroxylation is 1. The van der Waals surface area contributed by atoms with Crippen LogP contribution in [-0.4, -0.2) is 37.3 Å². The predicted octanol–water partition coefficient (Wildman–Crippen LogP) is 3.22. The first kappa shape index (κ1) is 21.5. The van der Waals surface area contributed by atoms with Crippen LogP contribution >= 0.6 is 11.8 Å². The number of rotatable bonds is 8. The fourth-order valence-electron chi connectivity index (χ4n) is 2.87. The second-order valence-corrected chi connectivity index (χ2v) is 7.59. The second-order valence-electron chi connectivity index (χ2n) is 6.65. The summed E-state index contributed by atoms with van der Waals surface area (Å²) in [6, 6.07) is 12.4. The molecule has 9 heteroatoms. The third-order valence-corrected chi connectivity index (χ3v) is 5.40. The smallest absolute Gasteiger partial charge is 0.251 e. The summed E-state index contributed by atoms with van der Waals surface area (Å²) in [7, 11) is 0. The van der Waals surface area contributed by atoms with Crippen molar-refractivity contribution in [2.24, 2.45) is 0 Å². The van der Waals surface area contributed by atoms with Gasteiger partial charge >= 0.3 is 0 Å². The molecule has 8 nitrogen and oxygen atoms in total. The average Bonchev–Trinajstić information content (AvgIpc) is 3.17. The lowest BCUT2D eigenvalue weighted by Crippen LogP contribution is -2.28. The molecule has 0 unspecified atom stereocenters. The molecule has 0 aliphatic rings. The molecule has 0 spiro atoms. The SMILES string of the molecule is CCn1c(SCC(=O)Nc2ncccc2C)nnc1[C@@H](C)NC(=O)c1ccccc1. The Morgan fingerprint density at radius 2 is 1.90 bits per heavy atom. The first-order valence-electron chi connectivity index (χ1n) is 9.62. The number of nitrogens with zero attached hydrogens (tertiary/aromatic N) is 4. The van der Waals surface area contributed by atoms with Crippen LogP contribution in [0.3, 0.4) is 0 Å². The zero-order chi connectivity index (χ0) is 21.5. The number of benzene rings is 1. The molecule has 0 aliphatic carbocycles. The number of carbonyl (C=O) groups excluding carboxylic acids is 2. The fraction of sp³-hybridized carbons (Fsp3) is 0.286. The van der Waals surface area contributed by atoms with E-state index in [-0.39, 0.29) is 23.6 Å². The molecule has 1 atom stereocenters. The van der Waals surface area contributed by atoms with Crippen molar-refractivity contribution in [2.45, 2.75) is 38.5 Å². The lowest BCUT2D eigenvalue weighted by molar-refractivity contribution is -0.113. The van der Waals surface area contributed by atoms with Crippen molar-refractivity contribution in [2.75, 3.05) is 11.1 Å². The number of nitrogens with one attached hydrogen (secondary N) is 2. The molecule has 2 N–H and O–H groups in total. The summed E-state index contributed by atoms with van der Waals surface area (Å²) in [6.07, 6.45) is 1.64. The molecular formula is C21H24N6O2S. The van der Waals surface area contributed by atoms with E-state index in [9.17, 15) is 9.59 Å². The van der Waals surface area contributed by atoms with E-state index < -0.39 is 0 Å². The maximum Gasteiger partial charge on any atom is 0.251 e. The number of anilines is 1. The Kier molecular flexibility index (Phi) is 7.18. The van der Waals surface area contributed by atoms with Gasteiger partial charge in [0.1, 0.15) is 5.82 Å². The number of pyridine rings is 1. The Labute approximate surface area is 179 Å². The minimum absolute atomic E-state index is 0.167. The molecule has 0 radical (unpaired) electrons. The maximum atomic E-state index is 12.4. The van der Waals surface area contributed by atoms with Gasteiger partial charge in [-0.25, -0.2) is 4.98 Å². The van der Waals surface area contributed by atoms with Crippen molar-refractivity contribution in [1.82, 2.24) is 25.1 Å². The normalized spacial score (nSPS) is 11.7. The van der Waals surface area contributed by atoms with Crippen LogP contribution in [0.25, 0.3) is 0 Å². The van der Waals surface area contributed by atoms with E-state index in [1.165, 1.54) is 11.8 Å². The second kappa shape index (κ2) is 10.0. The lowest BCUT2D eigenvalue weighted by atomic mass is 10.2. The molecular weight excluding hydrogens is 400 g/mol. The zero-order valence-corrected chi connectivity index (χ0v) is 17.9. The van der Waals surface area contributed by atoms with Crippen LogP contribution in [0.1, 0.15) is 41.6 Å². The number of amides is 2. The van der Waals surface area contributed by atoms with E-state index in [1.54, 1.807) is 18.3 Å². The molecule has 2 amide bonds. The Morgan fingerprint density at radius 3 is 2.60 bits per heavy atom. The zero-order valence-electron chi connectivity index (χ0n) is 17.1. The highest BCUT2D eigenvalue weighted by Crippen LogP contribution is 2.21. The summed E-state index contributed by atoms with van der Waals surface area (Å²) in [5.41, 5.74) is 1.49. The highest BCUT2D eigenvalue weighted by Gasteiger charge is 2.20. The van der Waals surface area contributed by atoms with Gasteiger partial charge in [0.05, 0.1) is 11.8 Å². The largest absolute Gasteiger partial charge is 0.342 e. The monoisotopic (exact) mass is 424 g/mol. The quantitative estimate of drug-likeness (QED) is 0.539. The maximum absolute atomic E-state index is 12.4. The molecule has 0 aliphatic heterocycles. The molecule has 30 heavy (non-hydrogen) atoms. The number of thioether (sulfide) groups is 1. The van der Waals surface area contributed by atoms with Crippen molar-refractivity contribution in [3.63, 3.8) is 0 Å². The van der Waals surface area contributed by atoms with Gasteiger partial charge in [0, 0.05) is 18.3 Å². The van der Waals surface area contributed by atoms with Gasteiger partial charge in [-0.05, 0) is 44.5 Å². The van der Waals surface area contributed by atoms with Gasteiger partial charge in [-0.1, -0.05) is 36.0 Å². The number of hydrogen-bond donors (Lipinski definition) is 2. The number of aromatic nitrogens is 4. The molecule has 3 rings (SSSR count). The highest BCUT2D eigenvalue weighted by molar-refractivity contribution is 7.99. The molecule has 156 valence electrons. The number of hydrogen-bond acceptors (Lipinski definition) is 6. The van der Waals surface area contributed by atoms with Gasteiger partial charge < -0.3 is 15.2 Å². The minimum atomic E-state index is -0.329. The molecule has 2 aromatic heterocycles. The Hall–Kier alpha value is -3.20. The summed E-state index contributed by atoms with van der Waals surface area (Å²) < 4.78 is 1.90. The van der Waals surface area contributed by atoms with Gasteiger partial charge in [0.25, 0.3) is 5.91 Å². The third-order valence-electron chi connectivity index (χ3n) is 4.43. The van der Waals surface area contributed by atoms with E-state index in [2.05, 4.69) is 25.8 Å². The number of carbonyl (C=O) groups is 2. The molecule has 3 aromatic rings. The van der Waals surface area contributed by atoms with Crippen molar-refractivity contribution in [3.05, 3.63) is 65.6 Å². The van der Waals surface area contributed by atoms with Crippen molar-refractivity contribution in [1.29, 1.82) is 0 Å². The van der Waals surface area contributed by atoms with Crippen LogP contribution in [0, 0.1) is 6.92 Å². The van der Waals surface area contributed by atoms with Crippen molar-refractivity contribution in [3.8, 4) is 0 Å². The van der Waals surface area contributed by atoms with Crippen LogP contribution in [0.2, 0.25) is 0 Å². The predicted molar refractivity (Wildman–Crippen MR) is 116 cm³/mol. The molecule has 1 aromatic carbocycles. The van der Waals surface area contributed by atoms with E-state index in [0.29, 0.717) is 28.9 Å². The van der Waals surface area contributed by atoms with E-state index in [1.807, 2.05) is 55.7 Å². The lowest BCUT2D eigenvalue weighted by Gasteiger charge is -2.15. The van der Waals surface area contributed by atoms with Crippen LogP contribution in [-0.2, 0) is 11.3 Å². The summed E-state index contributed by atoms with van der Waals surface area (Å²) in [6.45, 7) is 6.35. The first-order valence-corrected chi connectivity index (χ1v) is 10.6. The fourth-order valence-corrected chi connectivity index (χ4v) is 3.68. The van der Waals surface area contributed by atoms with Crippen LogP contribution in [0.15, 0.2) is 53.8 Å². The average molecular weight is 425 g/mol. The van der Waals surface area contributed by atoms with Crippen LogP contribution in [0.4, 0.5) is 5.82 Å². The van der Waals surface area contributed by atoms with Gasteiger partial charge in [0.2, 0.25) is 5.91 Å². The Morgan fingerprint density at radius 1 is 1.13 bits per heavy atom. The minimum Gasteiger partial charge on any atom is -0.342 e. The molecule has 0 bridgehead atoms. The van der Waals surface area contributed by atoms with Crippen molar-refractivity contribution >= 4 is 29.4 Å². The van der Waals surface area contributed by atoms with Crippen molar-refractivity contribution < 1.29 is 9.59 Å².